The maximum absolute atomic E-state index is 13.7. The van der Waals surface area contributed by atoms with E-state index >= 15 is 0 Å². The SMILES string of the molecule is Cc1sc(CN)cc1S(=O)(=O)Nc1cccc(Cl)c1F. The quantitative estimate of drug-likeness (QED) is 0.902. The third-order valence-corrected chi connectivity index (χ3v) is 5.60. The topological polar surface area (TPSA) is 72.2 Å². The predicted molar refractivity (Wildman–Crippen MR) is 79.2 cm³/mol. The highest BCUT2D eigenvalue weighted by Gasteiger charge is 2.21. The van der Waals surface area contributed by atoms with E-state index < -0.39 is 15.8 Å². The number of aryl methyl sites for hydroxylation is 1. The smallest absolute Gasteiger partial charge is 0.263 e. The van der Waals surface area contributed by atoms with Gasteiger partial charge in [0.2, 0.25) is 0 Å². The zero-order valence-electron chi connectivity index (χ0n) is 10.5. The Morgan fingerprint density at radius 3 is 2.75 bits per heavy atom. The highest BCUT2D eigenvalue weighted by molar-refractivity contribution is 7.93. The summed E-state index contributed by atoms with van der Waals surface area (Å²) in [6.07, 6.45) is 0. The number of nitrogens with one attached hydrogen (secondary N) is 1. The molecule has 0 aliphatic heterocycles. The number of hydrogen-bond acceptors (Lipinski definition) is 4. The standard InChI is InChI=1S/C12H12ClFN2O2S2/c1-7-11(5-8(6-15)19-7)20(17,18)16-10-4-2-3-9(13)12(10)14/h2-5,16H,6,15H2,1H3. The van der Waals surface area contributed by atoms with Crippen LogP contribution in [0.4, 0.5) is 10.1 Å². The van der Waals surface area contributed by atoms with Crippen LogP contribution in [-0.4, -0.2) is 8.42 Å². The molecule has 3 N–H and O–H groups in total. The fourth-order valence-electron chi connectivity index (χ4n) is 1.67. The molecule has 0 radical (unpaired) electrons. The molecule has 1 aromatic carbocycles. The molecule has 1 aromatic heterocycles. The van der Waals surface area contributed by atoms with Gasteiger partial charge in [0.25, 0.3) is 10.0 Å². The second kappa shape index (κ2) is 5.69. The maximum Gasteiger partial charge on any atom is 0.263 e. The van der Waals surface area contributed by atoms with Crippen molar-refractivity contribution in [2.24, 2.45) is 5.73 Å². The summed E-state index contributed by atoms with van der Waals surface area (Å²) in [6.45, 7) is 1.93. The number of hydrogen-bond donors (Lipinski definition) is 2. The van der Waals surface area contributed by atoms with Gasteiger partial charge in [-0.15, -0.1) is 11.3 Å². The summed E-state index contributed by atoms with van der Waals surface area (Å²) < 4.78 is 40.5. The fourth-order valence-corrected chi connectivity index (χ4v) is 4.42. The van der Waals surface area contributed by atoms with E-state index in [-0.39, 0.29) is 22.2 Å². The minimum atomic E-state index is -3.87. The first-order chi connectivity index (χ1) is 9.35. The van der Waals surface area contributed by atoms with Crippen LogP contribution in [0.1, 0.15) is 9.75 Å². The lowest BCUT2D eigenvalue weighted by atomic mass is 10.3. The molecule has 0 amide bonds. The number of sulfonamides is 1. The predicted octanol–water partition coefficient (Wildman–Crippen LogP) is 3.11. The molecule has 8 heteroatoms. The molecule has 0 aliphatic rings. The number of benzene rings is 1. The van der Waals surface area contributed by atoms with Crippen molar-refractivity contribution in [2.75, 3.05) is 4.72 Å². The zero-order chi connectivity index (χ0) is 14.9. The molecule has 20 heavy (non-hydrogen) atoms. The van der Waals surface area contributed by atoms with Crippen LogP contribution in [-0.2, 0) is 16.6 Å². The molecule has 0 saturated carbocycles. The Balaban J connectivity index is 2.40. The van der Waals surface area contributed by atoms with Gasteiger partial charge in [-0.25, -0.2) is 12.8 Å². The molecule has 2 rings (SSSR count). The Hall–Kier alpha value is -1.15. The van der Waals surface area contributed by atoms with Crippen LogP contribution in [0.5, 0.6) is 0 Å². The number of anilines is 1. The van der Waals surface area contributed by atoms with Gasteiger partial charge in [-0.05, 0) is 25.1 Å². The first-order valence-corrected chi connectivity index (χ1v) is 8.29. The van der Waals surface area contributed by atoms with Crippen LogP contribution < -0.4 is 10.5 Å². The van der Waals surface area contributed by atoms with E-state index in [1.807, 2.05) is 0 Å². The average molecular weight is 335 g/mol. The molecule has 0 bridgehead atoms. The molecular weight excluding hydrogens is 323 g/mol. The van der Waals surface area contributed by atoms with E-state index in [1.54, 1.807) is 6.92 Å². The van der Waals surface area contributed by atoms with E-state index in [9.17, 15) is 12.8 Å². The van der Waals surface area contributed by atoms with Crippen LogP contribution in [0, 0.1) is 12.7 Å². The minimum Gasteiger partial charge on any atom is -0.326 e. The number of nitrogens with two attached hydrogens (primary N) is 1. The van der Waals surface area contributed by atoms with E-state index in [1.165, 1.54) is 35.6 Å². The van der Waals surface area contributed by atoms with Gasteiger partial charge < -0.3 is 5.73 Å². The molecule has 0 atom stereocenters. The van der Waals surface area contributed by atoms with E-state index in [4.69, 9.17) is 17.3 Å². The van der Waals surface area contributed by atoms with E-state index in [2.05, 4.69) is 4.72 Å². The number of halogens is 2. The summed E-state index contributed by atoms with van der Waals surface area (Å²) in [4.78, 5) is 1.44. The van der Waals surface area contributed by atoms with Crippen molar-refractivity contribution >= 4 is 38.6 Å². The van der Waals surface area contributed by atoms with Crippen molar-refractivity contribution in [1.82, 2.24) is 0 Å². The van der Waals surface area contributed by atoms with Gasteiger partial charge in [-0.3, -0.25) is 4.72 Å². The van der Waals surface area contributed by atoms with Gasteiger partial charge in [-0.2, -0.15) is 0 Å². The minimum absolute atomic E-state index is 0.0994. The van der Waals surface area contributed by atoms with Gasteiger partial charge in [0.1, 0.15) is 4.90 Å². The molecule has 0 spiro atoms. The fraction of sp³-hybridized carbons (Fsp3) is 0.167. The van der Waals surface area contributed by atoms with Crippen LogP contribution in [0.2, 0.25) is 5.02 Å². The number of rotatable bonds is 4. The molecule has 4 nitrogen and oxygen atoms in total. The van der Waals surface area contributed by atoms with Gasteiger partial charge in [0.15, 0.2) is 5.82 Å². The van der Waals surface area contributed by atoms with Crippen molar-refractivity contribution in [3.63, 3.8) is 0 Å². The summed E-state index contributed by atoms with van der Waals surface area (Å²) in [5.41, 5.74) is 5.31. The highest BCUT2D eigenvalue weighted by atomic mass is 35.5. The second-order valence-electron chi connectivity index (χ2n) is 4.04. The van der Waals surface area contributed by atoms with Crippen LogP contribution in [0.3, 0.4) is 0 Å². The maximum atomic E-state index is 13.7. The highest BCUT2D eigenvalue weighted by Crippen LogP contribution is 2.29. The van der Waals surface area contributed by atoms with Crippen LogP contribution in [0.25, 0.3) is 0 Å². The third-order valence-electron chi connectivity index (χ3n) is 2.61. The third kappa shape index (κ3) is 2.95. The molecule has 108 valence electrons. The monoisotopic (exact) mass is 334 g/mol. The van der Waals surface area contributed by atoms with Gasteiger partial charge in [-0.1, -0.05) is 17.7 Å². The molecular formula is C12H12ClFN2O2S2. The number of thiophene rings is 1. The molecule has 1 heterocycles. The lowest BCUT2D eigenvalue weighted by Gasteiger charge is -2.09. The van der Waals surface area contributed by atoms with Crippen LogP contribution in [0.15, 0.2) is 29.2 Å². The van der Waals surface area contributed by atoms with Crippen LogP contribution >= 0.6 is 22.9 Å². The average Bonchev–Trinajstić information content (AvgIpc) is 2.77. The van der Waals surface area contributed by atoms with Crippen molar-refractivity contribution < 1.29 is 12.8 Å². The Morgan fingerprint density at radius 1 is 1.45 bits per heavy atom. The molecule has 0 aliphatic carbocycles. The summed E-state index contributed by atoms with van der Waals surface area (Å²) in [7, 11) is -3.87. The second-order valence-corrected chi connectivity index (χ2v) is 7.44. The Bertz CT molecular complexity index is 744. The Kier molecular flexibility index (Phi) is 4.33. The summed E-state index contributed by atoms with van der Waals surface area (Å²) in [5.74, 6) is -0.801. The van der Waals surface area contributed by atoms with Crippen molar-refractivity contribution in [1.29, 1.82) is 0 Å². The van der Waals surface area contributed by atoms with E-state index in [0.29, 0.717) is 4.88 Å². The lowest BCUT2D eigenvalue weighted by Crippen LogP contribution is -2.14. The Morgan fingerprint density at radius 2 is 2.15 bits per heavy atom. The molecule has 0 saturated heterocycles. The normalized spacial score (nSPS) is 11.6. The summed E-state index contributed by atoms with van der Waals surface area (Å²) >= 11 is 6.92. The van der Waals surface area contributed by atoms with E-state index in [0.717, 1.165) is 4.88 Å². The van der Waals surface area contributed by atoms with Crippen molar-refractivity contribution in [3.05, 3.63) is 44.9 Å². The largest absolute Gasteiger partial charge is 0.326 e. The Labute approximate surface area is 125 Å². The summed E-state index contributed by atoms with van der Waals surface area (Å²) in [6, 6.07) is 5.61. The van der Waals surface area contributed by atoms with Crippen molar-refractivity contribution in [2.45, 2.75) is 18.4 Å². The molecule has 0 fully saturated rings. The van der Waals surface area contributed by atoms with Gasteiger partial charge in [0, 0.05) is 16.3 Å². The lowest BCUT2D eigenvalue weighted by molar-refractivity contribution is 0.598. The summed E-state index contributed by atoms with van der Waals surface area (Å²) in [5, 5.41) is -0.144. The zero-order valence-corrected chi connectivity index (χ0v) is 12.9. The van der Waals surface area contributed by atoms with Crippen molar-refractivity contribution in [3.8, 4) is 0 Å². The molecule has 2 aromatic rings. The van der Waals surface area contributed by atoms with Gasteiger partial charge in [0.05, 0.1) is 10.7 Å². The molecule has 0 unspecified atom stereocenters. The van der Waals surface area contributed by atoms with Gasteiger partial charge >= 0.3 is 0 Å². The first kappa shape index (κ1) is 15.2. The first-order valence-electron chi connectivity index (χ1n) is 5.61.